The SMILES string of the molecule is CCCCC/C=C/CC/C=C/C(O)C(COC1OC(CO)C(O)C(O)C1O)NC(=O)CCCCCCCCCCCCC/C=C\C/C=C\CCCCCCCCCCCOC(=O)CCCCCCCCCCCCCCCCCCCC. The summed E-state index contributed by atoms with van der Waals surface area (Å²) in [5.41, 5.74) is 0. The van der Waals surface area contributed by atoms with Crippen LogP contribution in [0.5, 0.6) is 0 Å². The molecule has 1 fully saturated rings. The number of amides is 1. The van der Waals surface area contributed by atoms with Gasteiger partial charge in [0.2, 0.25) is 5.91 Å². The third kappa shape index (κ3) is 48.8. The second kappa shape index (κ2) is 60.3. The van der Waals surface area contributed by atoms with E-state index < -0.39 is 49.5 Å². The molecule has 6 N–H and O–H groups in total. The standard InChI is InChI=1S/C71H131NO10/c1-3-5-7-9-11-13-14-15-16-17-30-33-36-39-43-47-51-55-59-67(76)80-60-56-52-48-44-40-37-34-31-28-26-24-22-20-18-19-21-23-25-27-29-32-35-38-42-46-50-54-58-66(75)72-63(64(74)57-53-49-45-41-12-10-8-6-4-2)62-81-71-70(79)69(78)68(77)65(61-73)82-71/h12,18-19,22,24,41,53,57,63-65,68-71,73-74,77-79H,3-11,13-17,20-21,23,25-40,42-52,54-56,58-62H2,1-2H3,(H,72,75)/b19-18-,24-22-,41-12+,57-53+. The van der Waals surface area contributed by atoms with Crippen molar-refractivity contribution in [1.29, 1.82) is 0 Å². The van der Waals surface area contributed by atoms with E-state index in [1.165, 1.54) is 231 Å². The van der Waals surface area contributed by atoms with Crippen LogP contribution in [0.4, 0.5) is 0 Å². The fraction of sp³-hybridized carbons (Fsp3) is 0.859. The molecule has 1 rings (SSSR count). The molecule has 11 nitrogen and oxygen atoms in total. The monoisotopic (exact) mass is 1160 g/mol. The van der Waals surface area contributed by atoms with Gasteiger partial charge >= 0.3 is 5.97 Å². The van der Waals surface area contributed by atoms with Gasteiger partial charge in [-0.05, 0) is 77.0 Å². The Morgan fingerprint density at radius 1 is 0.451 bits per heavy atom. The van der Waals surface area contributed by atoms with Gasteiger partial charge in [-0.15, -0.1) is 0 Å². The van der Waals surface area contributed by atoms with Crippen LogP contribution < -0.4 is 5.32 Å². The molecular weight excluding hydrogens is 1030 g/mol. The predicted octanol–water partition coefficient (Wildman–Crippen LogP) is 17.6. The highest BCUT2D eigenvalue weighted by molar-refractivity contribution is 5.76. The number of unbranched alkanes of at least 4 members (excludes halogenated alkanes) is 41. The molecule has 1 heterocycles. The van der Waals surface area contributed by atoms with Gasteiger partial charge in [0, 0.05) is 12.8 Å². The summed E-state index contributed by atoms with van der Waals surface area (Å²) in [5.74, 6) is -0.192. The maximum Gasteiger partial charge on any atom is 0.305 e. The van der Waals surface area contributed by atoms with Crippen LogP contribution in [0, 0.1) is 0 Å². The van der Waals surface area contributed by atoms with Crippen LogP contribution >= 0.6 is 0 Å². The molecule has 0 aromatic carbocycles. The van der Waals surface area contributed by atoms with E-state index in [2.05, 4.69) is 55.6 Å². The topological polar surface area (TPSA) is 175 Å². The minimum absolute atomic E-state index is 0.00512. The molecule has 0 radical (unpaired) electrons. The molecule has 480 valence electrons. The van der Waals surface area contributed by atoms with E-state index in [1.54, 1.807) is 6.08 Å². The Labute approximate surface area is 504 Å². The lowest BCUT2D eigenvalue weighted by Gasteiger charge is -2.40. The number of nitrogens with one attached hydrogen (secondary N) is 1. The van der Waals surface area contributed by atoms with Gasteiger partial charge in [0.05, 0.1) is 32.0 Å². The van der Waals surface area contributed by atoms with Gasteiger partial charge < -0.3 is 45.1 Å². The van der Waals surface area contributed by atoms with Gasteiger partial charge in [-0.1, -0.05) is 287 Å². The Balaban J connectivity index is 1.94. The zero-order chi connectivity index (χ0) is 59.5. The Hall–Kier alpha value is -2.38. The number of carbonyl (C=O) groups excluding carboxylic acids is 2. The first-order valence-corrected chi connectivity index (χ1v) is 34.9. The number of allylic oxidation sites excluding steroid dienone is 7. The molecule has 1 saturated heterocycles. The van der Waals surface area contributed by atoms with Crippen molar-refractivity contribution < 1.29 is 49.3 Å². The number of rotatable bonds is 61. The van der Waals surface area contributed by atoms with Crippen LogP contribution in [-0.2, 0) is 23.8 Å². The second-order valence-corrected chi connectivity index (χ2v) is 24.2. The van der Waals surface area contributed by atoms with Crippen molar-refractivity contribution in [3.63, 3.8) is 0 Å². The average Bonchev–Trinajstić information content (AvgIpc) is 3.48. The number of aliphatic hydroxyl groups excluding tert-OH is 5. The fourth-order valence-electron chi connectivity index (χ4n) is 10.9. The van der Waals surface area contributed by atoms with Crippen LogP contribution in [-0.4, -0.2) is 100 Å². The van der Waals surface area contributed by atoms with Crippen molar-refractivity contribution in [2.75, 3.05) is 19.8 Å². The van der Waals surface area contributed by atoms with Crippen LogP contribution in [0.25, 0.3) is 0 Å². The van der Waals surface area contributed by atoms with Crippen LogP contribution in [0.3, 0.4) is 0 Å². The molecule has 11 heteroatoms. The zero-order valence-electron chi connectivity index (χ0n) is 53.2. The van der Waals surface area contributed by atoms with E-state index >= 15 is 0 Å². The first kappa shape index (κ1) is 77.6. The van der Waals surface area contributed by atoms with E-state index in [1.807, 2.05) is 6.08 Å². The average molecular weight is 1160 g/mol. The summed E-state index contributed by atoms with van der Waals surface area (Å²) in [6, 6.07) is -0.829. The molecule has 1 aliphatic rings. The number of hydrogen-bond acceptors (Lipinski definition) is 10. The molecule has 7 unspecified atom stereocenters. The molecular formula is C71H131NO10. The number of ether oxygens (including phenoxy) is 3. The molecule has 0 aliphatic carbocycles. The molecule has 1 aliphatic heterocycles. The maximum absolute atomic E-state index is 13.0. The highest BCUT2D eigenvalue weighted by Crippen LogP contribution is 2.23. The minimum Gasteiger partial charge on any atom is -0.466 e. The molecule has 0 bridgehead atoms. The van der Waals surface area contributed by atoms with Crippen LogP contribution in [0.1, 0.15) is 328 Å². The van der Waals surface area contributed by atoms with E-state index in [4.69, 9.17) is 14.2 Å². The highest BCUT2D eigenvalue weighted by atomic mass is 16.7. The number of aliphatic hydroxyl groups is 5. The Kier molecular flexibility index (Phi) is 57.1. The van der Waals surface area contributed by atoms with Crippen molar-refractivity contribution in [2.45, 2.75) is 371 Å². The van der Waals surface area contributed by atoms with E-state index in [0.29, 0.717) is 19.4 Å². The Bertz CT molecular complexity index is 1500. The molecule has 0 saturated carbocycles. The summed E-state index contributed by atoms with van der Waals surface area (Å²) in [5, 5.41) is 54.2. The first-order chi connectivity index (χ1) is 40.2. The van der Waals surface area contributed by atoms with E-state index in [9.17, 15) is 35.1 Å². The fourth-order valence-corrected chi connectivity index (χ4v) is 10.9. The summed E-state index contributed by atoms with van der Waals surface area (Å²) in [6.07, 6.45) is 68.4. The third-order valence-electron chi connectivity index (χ3n) is 16.4. The predicted molar refractivity (Wildman–Crippen MR) is 343 cm³/mol. The highest BCUT2D eigenvalue weighted by Gasteiger charge is 2.44. The zero-order valence-corrected chi connectivity index (χ0v) is 53.2. The third-order valence-corrected chi connectivity index (χ3v) is 16.4. The van der Waals surface area contributed by atoms with Crippen LogP contribution in [0.2, 0.25) is 0 Å². The van der Waals surface area contributed by atoms with Gasteiger partial charge in [0.1, 0.15) is 24.4 Å². The molecule has 7 atom stereocenters. The second-order valence-electron chi connectivity index (χ2n) is 24.2. The maximum atomic E-state index is 13.0. The van der Waals surface area contributed by atoms with Crippen molar-refractivity contribution >= 4 is 11.9 Å². The first-order valence-electron chi connectivity index (χ1n) is 34.9. The molecule has 82 heavy (non-hydrogen) atoms. The molecule has 0 aromatic heterocycles. The van der Waals surface area contributed by atoms with Gasteiger partial charge in [-0.25, -0.2) is 0 Å². The lowest BCUT2D eigenvalue weighted by molar-refractivity contribution is -0.302. The lowest BCUT2D eigenvalue weighted by atomic mass is 9.99. The molecule has 0 spiro atoms. The number of esters is 1. The number of hydrogen-bond donors (Lipinski definition) is 6. The minimum atomic E-state index is -1.58. The molecule has 0 aromatic rings. The van der Waals surface area contributed by atoms with E-state index in [-0.39, 0.29) is 18.5 Å². The van der Waals surface area contributed by atoms with Crippen molar-refractivity contribution in [3.8, 4) is 0 Å². The summed E-state index contributed by atoms with van der Waals surface area (Å²) in [4.78, 5) is 25.1. The lowest BCUT2D eigenvalue weighted by Crippen LogP contribution is -2.60. The Morgan fingerprint density at radius 2 is 0.829 bits per heavy atom. The van der Waals surface area contributed by atoms with Gasteiger partial charge in [0.15, 0.2) is 6.29 Å². The van der Waals surface area contributed by atoms with Crippen molar-refractivity contribution in [2.24, 2.45) is 0 Å². The summed E-state index contributed by atoms with van der Waals surface area (Å²) >= 11 is 0. The number of carbonyl (C=O) groups is 2. The van der Waals surface area contributed by atoms with E-state index in [0.717, 1.165) is 70.6 Å². The van der Waals surface area contributed by atoms with Crippen LogP contribution in [0.15, 0.2) is 48.6 Å². The van der Waals surface area contributed by atoms with Crippen molar-refractivity contribution in [1.82, 2.24) is 5.32 Å². The summed E-state index contributed by atoms with van der Waals surface area (Å²) in [6.45, 7) is 4.30. The summed E-state index contributed by atoms with van der Waals surface area (Å²) in [7, 11) is 0. The smallest absolute Gasteiger partial charge is 0.305 e. The summed E-state index contributed by atoms with van der Waals surface area (Å²) < 4.78 is 16.7. The van der Waals surface area contributed by atoms with Gasteiger partial charge in [-0.3, -0.25) is 9.59 Å². The van der Waals surface area contributed by atoms with Crippen molar-refractivity contribution in [3.05, 3.63) is 48.6 Å². The molecule has 1 amide bonds. The largest absolute Gasteiger partial charge is 0.466 e. The normalized spacial score (nSPS) is 18.5. The van der Waals surface area contributed by atoms with Gasteiger partial charge in [0.25, 0.3) is 0 Å². The quantitative estimate of drug-likeness (QED) is 0.0195. The Morgan fingerprint density at radius 3 is 1.30 bits per heavy atom. The van der Waals surface area contributed by atoms with Gasteiger partial charge in [-0.2, -0.15) is 0 Å².